The van der Waals surface area contributed by atoms with Gasteiger partial charge in [0.1, 0.15) is 0 Å². The van der Waals surface area contributed by atoms with Crippen molar-refractivity contribution in [3.05, 3.63) is 226 Å². The molecule has 0 N–H and O–H groups in total. The normalized spacial score (nSPS) is 13.7. The van der Waals surface area contributed by atoms with Gasteiger partial charge in [-0.05, 0) is 148 Å². The Morgan fingerprint density at radius 3 is 1.38 bits per heavy atom. The van der Waals surface area contributed by atoms with E-state index in [-0.39, 0.29) is 5.41 Å². The van der Waals surface area contributed by atoms with Crippen LogP contribution in [0.1, 0.15) is 193 Å². The summed E-state index contributed by atoms with van der Waals surface area (Å²) in [6.45, 7) is 11.6. The maximum atomic E-state index is 5.91. The van der Waals surface area contributed by atoms with Crippen LogP contribution in [0.4, 0.5) is 0 Å². The van der Waals surface area contributed by atoms with Gasteiger partial charge in [0.15, 0.2) is 17.5 Å². The Balaban J connectivity index is 1.06. The SMILES string of the molecule is CCCCCCc1ccc2c(c1)C1(c3cc(C)ccc3-c3ccc(-c4cc(-c5nc(-c6ccccc6)nc(-c6ccccc6)n5)c5cc6c(cc5n4)-c4ccccc4C6(CCCCCC)CCCCCC)cc31)c1cc(CCCCCC)ccc1-2. The van der Waals surface area contributed by atoms with E-state index in [1.807, 2.05) is 0 Å². The number of nitrogens with zero attached hydrogens (tertiary/aromatic N) is 4. The molecule has 3 aliphatic carbocycles. The van der Waals surface area contributed by atoms with Crippen molar-refractivity contribution in [3.8, 4) is 78.8 Å². The fraction of sp³-hybridized carbons (Fsp3) is 0.333. The molecule has 0 unspecified atom stereocenters. The van der Waals surface area contributed by atoms with Crippen molar-refractivity contribution in [1.29, 1.82) is 0 Å². The Bertz CT molecular complexity index is 3910. The Hall–Kier alpha value is -7.82. The molecule has 428 valence electrons. The highest BCUT2D eigenvalue weighted by atomic mass is 15.0. The van der Waals surface area contributed by atoms with E-state index in [9.17, 15) is 0 Å². The van der Waals surface area contributed by atoms with Crippen molar-refractivity contribution in [3.63, 3.8) is 0 Å². The summed E-state index contributed by atoms with van der Waals surface area (Å²) in [6.07, 6.45) is 24.2. The zero-order valence-corrected chi connectivity index (χ0v) is 51.2. The molecule has 0 radical (unpaired) electrons. The van der Waals surface area contributed by atoms with E-state index in [1.54, 1.807) is 0 Å². The highest BCUT2D eigenvalue weighted by Crippen LogP contribution is 2.64. The quantitative estimate of drug-likeness (QED) is 0.0566. The standard InChI is InChI=1S/C81H84N4/c1-6-10-14-20-30-56-39-43-63-64-44-40-57(31-21-15-11-7-2)50-73(64)81(72(63)49-56)71-48-55(5)38-42-62(71)65-45-41-60(51-74(65)81)75-54-68(79-84-77(58-32-22-18-23-33-58)83-78(85-79)59-34-24-19-25-35-59)67-52-70-66(53-76(67)82-75)61-36-26-27-37-69(61)80(70,46-28-16-12-8-3)47-29-17-13-9-4/h18-19,22-27,32-45,48-54H,6-17,20-21,28-31,46-47H2,1-5H3. The molecule has 4 heteroatoms. The molecule has 1 spiro atoms. The topological polar surface area (TPSA) is 51.6 Å². The van der Waals surface area contributed by atoms with E-state index < -0.39 is 5.41 Å². The van der Waals surface area contributed by atoms with E-state index >= 15 is 0 Å². The van der Waals surface area contributed by atoms with Crippen molar-refractivity contribution >= 4 is 10.9 Å². The van der Waals surface area contributed by atoms with E-state index in [0.717, 1.165) is 64.5 Å². The minimum Gasteiger partial charge on any atom is -0.248 e. The van der Waals surface area contributed by atoms with Gasteiger partial charge in [-0.3, -0.25) is 0 Å². The van der Waals surface area contributed by atoms with Gasteiger partial charge in [0.25, 0.3) is 0 Å². The van der Waals surface area contributed by atoms with E-state index in [4.69, 9.17) is 19.9 Å². The number of rotatable bonds is 24. The number of fused-ring (bicyclic) bond motifs is 14. The summed E-state index contributed by atoms with van der Waals surface area (Å²) in [5.41, 5.74) is 25.9. The summed E-state index contributed by atoms with van der Waals surface area (Å²) in [4.78, 5) is 22.2. The minimum atomic E-state index is -0.512. The molecular weight excluding hydrogens is 1030 g/mol. The first-order valence-electron chi connectivity index (χ1n) is 32.9. The number of aromatic nitrogens is 4. The summed E-state index contributed by atoms with van der Waals surface area (Å²) < 4.78 is 0. The first-order valence-corrected chi connectivity index (χ1v) is 32.9. The average molecular weight is 1110 g/mol. The Kier molecular flexibility index (Phi) is 16.3. The number of benzene rings is 8. The van der Waals surface area contributed by atoms with Gasteiger partial charge in [-0.1, -0.05) is 275 Å². The molecule has 13 rings (SSSR count). The third-order valence-electron chi connectivity index (χ3n) is 19.5. The van der Waals surface area contributed by atoms with Gasteiger partial charge < -0.3 is 0 Å². The molecular formula is C81H84N4. The molecule has 3 aliphatic rings. The number of unbranched alkanes of at least 4 members (excludes halogenated alkanes) is 12. The lowest BCUT2D eigenvalue weighted by atomic mass is 9.69. The van der Waals surface area contributed by atoms with Crippen LogP contribution in [0, 0.1) is 6.92 Å². The van der Waals surface area contributed by atoms with Gasteiger partial charge in [0, 0.05) is 33.1 Å². The lowest BCUT2D eigenvalue weighted by molar-refractivity contribution is 0.401. The molecule has 2 aromatic heterocycles. The molecule has 8 aromatic carbocycles. The smallest absolute Gasteiger partial charge is 0.164 e. The highest BCUT2D eigenvalue weighted by molar-refractivity contribution is 6.02. The molecule has 0 atom stereocenters. The number of hydrogen-bond acceptors (Lipinski definition) is 4. The Morgan fingerprint density at radius 2 is 0.800 bits per heavy atom. The summed E-state index contributed by atoms with van der Waals surface area (Å²) >= 11 is 0. The number of aryl methyl sites for hydroxylation is 3. The van der Waals surface area contributed by atoms with Crippen molar-refractivity contribution in [1.82, 2.24) is 19.9 Å². The van der Waals surface area contributed by atoms with Gasteiger partial charge in [-0.15, -0.1) is 0 Å². The first kappa shape index (κ1) is 56.3. The van der Waals surface area contributed by atoms with Crippen LogP contribution in [-0.4, -0.2) is 19.9 Å². The predicted octanol–water partition coefficient (Wildman–Crippen LogP) is 22.2. The fourth-order valence-electron chi connectivity index (χ4n) is 15.2. The second kappa shape index (κ2) is 24.6. The van der Waals surface area contributed by atoms with Gasteiger partial charge >= 0.3 is 0 Å². The zero-order valence-electron chi connectivity index (χ0n) is 51.2. The van der Waals surface area contributed by atoms with Crippen LogP contribution >= 0.6 is 0 Å². The largest absolute Gasteiger partial charge is 0.248 e. The molecule has 10 aromatic rings. The van der Waals surface area contributed by atoms with Crippen molar-refractivity contribution in [2.45, 2.75) is 174 Å². The number of pyridine rings is 1. The van der Waals surface area contributed by atoms with Gasteiger partial charge in [0.2, 0.25) is 0 Å². The fourth-order valence-corrected chi connectivity index (χ4v) is 15.2. The third kappa shape index (κ3) is 10.4. The molecule has 2 heterocycles. The molecule has 0 saturated carbocycles. The molecule has 0 amide bonds. The van der Waals surface area contributed by atoms with Gasteiger partial charge in [0.05, 0.1) is 16.6 Å². The Labute approximate surface area is 506 Å². The summed E-state index contributed by atoms with van der Waals surface area (Å²) in [5, 5.41) is 1.09. The summed E-state index contributed by atoms with van der Waals surface area (Å²) in [7, 11) is 0. The minimum absolute atomic E-state index is 0.110. The average Bonchev–Trinajstić information content (AvgIpc) is 1.60. The maximum Gasteiger partial charge on any atom is 0.164 e. The summed E-state index contributed by atoms with van der Waals surface area (Å²) in [6, 6.07) is 67.2. The van der Waals surface area contributed by atoms with Crippen molar-refractivity contribution < 1.29 is 0 Å². The van der Waals surface area contributed by atoms with Gasteiger partial charge in [-0.2, -0.15) is 0 Å². The van der Waals surface area contributed by atoms with Crippen LogP contribution in [0.25, 0.3) is 89.7 Å². The second-order valence-corrected chi connectivity index (χ2v) is 25.2. The van der Waals surface area contributed by atoms with Crippen molar-refractivity contribution in [2.75, 3.05) is 0 Å². The summed E-state index contributed by atoms with van der Waals surface area (Å²) in [5.74, 6) is 1.97. The van der Waals surface area contributed by atoms with E-state index in [2.05, 4.69) is 211 Å². The van der Waals surface area contributed by atoms with Crippen LogP contribution in [0.2, 0.25) is 0 Å². The predicted molar refractivity (Wildman–Crippen MR) is 357 cm³/mol. The lowest BCUT2D eigenvalue weighted by Gasteiger charge is -2.33. The number of hydrogen-bond donors (Lipinski definition) is 0. The molecule has 0 saturated heterocycles. The van der Waals surface area contributed by atoms with Crippen LogP contribution < -0.4 is 0 Å². The third-order valence-corrected chi connectivity index (χ3v) is 19.5. The highest BCUT2D eigenvalue weighted by Gasteiger charge is 2.52. The van der Waals surface area contributed by atoms with Crippen LogP contribution in [-0.2, 0) is 23.7 Å². The molecule has 0 aliphatic heterocycles. The van der Waals surface area contributed by atoms with Crippen molar-refractivity contribution in [2.24, 2.45) is 0 Å². The molecule has 0 bridgehead atoms. The monoisotopic (exact) mass is 1110 g/mol. The Morgan fingerprint density at radius 1 is 0.318 bits per heavy atom. The van der Waals surface area contributed by atoms with E-state index in [1.165, 1.54) is 186 Å². The van der Waals surface area contributed by atoms with E-state index in [0.29, 0.717) is 17.5 Å². The molecule has 4 nitrogen and oxygen atoms in total. The lowest BCUT2D eigenvalue weighted by Crippen LogP contribution is -2.26. The first-order chi connectivity index (χ1) is 41.9. The van der Waals surface area contributed by atoms with Crippen LogP contribution in [0.3, 0.4) is 0 Å². The molecule has 85 heavy (non-hydrogen) atoms. The second-order valence-electron chi connectivity index (χ2n) is 25.2. The van der Waals surface area contributed by atoms with Crippen LogP contribution in [0.15, 0.2) is 176 Å². The van der Waals surface area contributed by atoms with Gasteiger partial charge in [-0.25, -0.2) is 19.9 Å². The zero-order chi connectivity index (χ0) is 57.9. The maximum absolute atomic E-state index is 5.91. The van der Waals surface area contributed by atoms with Crippen LogP contribution in [0.5, 0.6) is 0 Å². The molecule has 0 fully saturated rings.